The normalized spacial score (nSPS) is 21.4. The molecule has 0 amide bonds. The van der Waals surface area contributed by atoms with Gasteiger partial charge in [0.25, 0.3) is 0 Å². The van der Waals surface area contributed by atoms with Crippen molar-refractivity contribution in [1.29, 1.82) is 0 Å². The van der Waals surface area contributed by atoms with E-state index in [0.29, 0.717) is 25.3 Å². The first kappa shape index (κ1) is 14.1. The summed E-state index contributed by atoms with van der Waals surface area (Å²) in [6, 6.07) is 5.19. The van der Waals surface area contributed by atoms with Crippen LogP contribution in [0.3, 0.4) is 0 Å². The molecule has 1 atom stereocenters. The number of benzene rings is 1. The van der Waals surface area contributed by atoms with Crippen LogP contribution in [0.2, 0.25) is 0 Å². The van der Waals surface area contributed by atoms with E-state index in [1.54, 1.807) is 18.2 Å². The number of rotatable bonds is 5. The van der Waals surface area contributed by atoms with Gasteiger partial charge in [0.2, 0.25) is 0 Å². The fourth-order valence-electron chi connectivity index (χ4n) is 2.16. The van der Waals surface area contributed by atoms with E-state index in [1.165, 1.54) is 0 Å². The minimum atomic E-state index is -2.85. The average molecular weight is 285 g/mol. The van der Waals surface area contributed by atoms with Crippen molar-refractivity contribution in [2.45, 2.75) is 25.9 Å². The summed E-state index contributed by atoms with van der Waals surface area (Å²) in [5.74, 6) is 1.06. The first-order valence-electron chi connectivity index (χ1n) is 6.38. The van der Waals surface area contributed by atoms with Gasteiger partial charge in [0.05, 0.1) is 18.1 Å². The Balaban J connectivity index is 1.95. The summed E-state index contributed by atoms with van der Waals surface area (Å²) in [5.41, 5.74) is 0.963. The van der Waals surface area contributed by atoms with Crippen LogP contribution in [0, 0.1) is 0 Å². The zero-order valence-corrected chi connectivity index (χ0v) is 11.7. The molecular weight excluding hydrogens is 266 g/mol. The number of sulfone groups is 1. The predicted octanol–water partition coefficient (Wildman–Crippen LogP) is 1.07. The second-order valence-electron chi connectivity index (χ2n) is 4.72. The fraction of sp³-hybridized carbons (Fsp3) is 0.538. The lowest BCUT2D eigenvalue weighted by Crippen LogP contribution is -2.29. The number of hydrogen-bond donors (Lipinski definition) is 2. The van der Waals surface area contributed by atoms with Crippen molar-refractivity contribution in [2.24, 2.45) is 0 Å². The maximum absolute atomic E-state index is 11.3. The van der Waals surface area contributed by atoms with Gasteiger partial charge >= 0.3 is 0 Å². The van der Waals surface area contributed by atoms with Gasteiger partial charge in [0.15, 0.2) is 21.3 Å². The Morgan fingerprint density at radius 2 is 2.26 bits per heavy atom. The van der Waals surface area contributed by atoms with Crippen LogP contribution in [0.1, 0.15) is 18.9 Å². The second-order valence-corrected chi connectivity index (χ2v) is 6.94. The molecule has 1 fully saturated rings. The minimum Gasteiger partial charge on any atom is -0.504 e. The van der Waals surface area contributed by atoms with Crippen molar-refractivity contribution in [3.8, 4) is 11.5 Å². The van der Waals surface area contributed by atoms with Crippen molar-refractivity contribution in [3.05, 3.63) is 23.8 Å². The second kappa shape index (κ2) is 5.79. The van der Waals surface area contributed by atoms with Crippen molar-refractivity contribution in [2.75, 3.05) is 18.1 Å². The zero-order chi connectivity index (χ0) is 13.9. The quantitative estimate of drug-likeness (QED) is 0.846. The van der Waals surface area contributed by atoms with E-state index in [2.05, 4.69) is 5.32 Å². The van der Waals surface area contributed by atoms with Gasteiger partial charge in [-0.05, 0) is 31.0 Å². The van der Waals surface area contributed by atoms with Gasteiger partial charge in [0.1, 0.15) is 0 Å². The lowest BCUT2D eigenvalue weighted by molar-refractivity contribution is 0.317. The van der Waals surface area contributed by atoms with Gasteiger partial charge in [-0.15, -0.1) is 0 Å². The molecule has 1 aromatic rings. The largest absolute Gasteiger partial charge is 0.504 e. The smallest absolute Gasteiger partial charge is 0.161 e. The van der Waals surface area contributed by atoms with Crippen molar-refractivity contribution in [1.82, 2.24) is 5.32 Å². The third-order valence-corrected chi connectivity index (χ3v) is 4.92. The molecule has 1 saturated heterocycles. The molecule has 0 aliphatic carbocycles. The van der Waals surface area contributed by atoms with Crippen LogP contribution in [-0.4, -0.2) is 37.7 Å². The molecule has 1 aromatic carbocycles. The third kappa shape index (κ3) is 3.84. The maximum atomic E-state index is 11.3. The van der Waals surface area contributed by atoms with Crippen LogP contribution in [0.15, 0.2) is 18.2 Å². The molecule has 2 rings (SSSR count). The van der Waals surface area contributed by atoms with Crippen LogP contribution in [0.4, 0.5) is 0 Å². The highest BCUT2D eigenvalue weighted by molar-refractivity contribution is 7.91. The number of nitrogens with one attached hydrogen (secondary N) is 1. The topological polar surface area (TPSA) is 75.6 Å². The first-order valence-corrected chi connectivity index (χ1v) is 8.21. The van der Waals surface area contributed by atoms with Gasteiger partial charge in [-0.1, -0.05) is 6.07 Å². The summed E-state index contributed by atoms with van der Waals surface area (Å²) in [6.45, 7) is 2.92. The summed E-state index contributed by atoms with van der Waals surface area (Å²) < 4.78 is 28.0. The monoisotopic (exact) mass is 285 g/mol. The summed E-state index contributed by atoms with van der Waals surface area (Å²) in [4.78, 5) is 0. The Kier molecular flexibility index (Phi) is 4.31. The van der Waals surface area contributed by atoms with E-state index in [9.17, 15) is 13.5 Å². The van der Waals surface area contributed by atoms with Crippen molar-refractivity contribution in [3.63, 3.8) is 0 Å². The Labute approximate surface area is 113 Å². The molecule has 1 unspecified atom stereocenters. The van der Waals surface area contributed by atoms with Crippen LogP contribution in [-0.2, 0) is 16.4 Å². The van der Waals surface area contributed by atoms with E-state index in [0.717, 1.165) is 5.56 Å². The van der Waals surface area contributed by atoms with E-state index < -0.39 is 9.84 Å². The number of phenols is 1. The molecule has 0 bridgehead atoms. The van der Waals surface area contributed by atoms with Crippen LogP contribution in [0.25, 0.3) is 0 Å². The van der Waals surface area contributed by atoms with E-state index in [4.69, 9.17) is 4.74 Å². The van der Waals surface area contributed by atoms with Crippen molar-refractivity contribution < 1.29 is 18.3 Å². The zero-order valence-electron chi connectivity index (χ0n) is 10.9. The van der Waals surface area contributed by atoms with Crippen LogP contribution in [0.5, 0.6) is 11.5 Å². The van der Waals surface area contributed by atoms with Crippen LogP contribution >= 0.6 is 0 Å². The molecule has 106 valence electrons. The Bertz CT molecular complexity index is 542. The van der Waals surface area contributed by atoms with Crippen molar-refractivity contribution >= 4 is 9.84 Å². The fourth-order valence-corrected chi connectivity index (χ4v) is 3.87. The lowest BCUT2D eigenvalue weighted by Gasteiger charge is -2.12. The summed E-state index contributed by atoms with van der Waals surface area (Å²) in [7, 11) is -2.85. The predicted molar refractivity (Wildman–Crippen MR) is 73.2 cm³/mol. The summed E-state index contributed by atoms with van der Waals surface area (Å²) in [6.07, 6.45) is 0.665. The van der Waals surface area contributed by atoms with Gasteiger partial charge < -0.3 is 15.2 Å². The number of ether oxygens (including phenoxy) is 1. The average Bonchev–Trinajstić information content (AvgIpc) is 2.70. The SMILES string of the molecule is CCOc1cc(CNC2CCS(=O)(=O)C2)ccc1O. The number of hydrogen-bond acceptors (Lipinski definition) is 5. The molecule has 19 heavy (non-hydrogen) atoms. The standard InChI is InChI=1S/C13H19NO4S/c1-2-18-13-7-10(3-4-12(13)15)8-14-11-5-6-19(16,17)9-11/h3-4,7,11,14-15H,2,5-6,8-9H2,1H3. The highest BCUT2D eigenvalue weighted by Gasteiger charge is 2.27. The molecule has 0 aromatic heterocycles. The number of phenolic OH excluding ortho intramolecular Hbond substituents is 1. The molecule has 0 saturated carbocycles. The molecule has 1 aliphatic heterocycles. The number of aromatic hydroxyl groups is 1. The van der Waals surface area contributed by atoms with Gasteiger partial charge in [-0.25, -0.2) is 8.42 Å². The molecule has 5 nitrogen and oxygen atoms in total. The molecular formula is C13H19NO4S. The molecule has 0 spiro atoms. The van der Waals surface area contributed by atoms with Crippen LogP contribution < -0.4 is 10.1 Å². The molecule has 6 heteroatoms. The van der Waals surface area contributed by atoms with E-state index in [-0.39, 0.29) is 23.3 Å². The molecule has 1 aliphatic rings. The Morgan fingerprint density at radius 1 is 1.47 bits per heavy atom. The summed E-state index contributed by atoms with van der Waals surface area (Å²) >= 11 is 0. The third-order valence-electron chi connectivity index (χ3n) is 3.15. The lowest BCUT2D eigenvalue weighted by atomic mass is 10.2. The van der Waals surface area contributed by atoms with Gasteiger partial charge in [-0.2, -0.15) is 0 Å². The van der Waals surface area contributed by atoms with E-state index in [1.807, 2.05) is 6.92 Å². The minimum absolute atomic E-state index is 0.0225. The maximum Gasteiger partial charge on any atom is 0.161 e. The Morgan fingerprint density at radius 3 is 2.89 bits per heavy atom. The Hall–Kier alpha value is -1.27. The van der Waals surface area contributed by atoms with E-state index >= 15 is 0 Å². The highest BCUT2D eigenvalue weighted by Crippen LogP contribution is 2.26. The molecule has 1 heterocycles. The molecule has 2 N–H and O–H groups in total. The first-order chi connectivity index (χ1) is 9.00. The molecule has 0 radical (unpaired) electrons. The highest BCUT2D eigenvalue weighted by atomic mass is 32.2. The van der Waals surface area contributed by atoms with Gasteiger partial charge in [0, 0.05) is 12.6 Å². The summed E-state index contributed by atoms with van der Waals surface area (Å²) in [5, 5.41) is 12.8. The van der Waals surface area contributed by atoms with Gasteiger partial charge in [-0.3, -0.25) is 0 Å².